The number of ketones is 1. The van der Waals surface area contributed by atoms with Gasteiger partial charge in [-0.2, -0.15) is 13.2 Å². The Morgan fingerprint density at radius 3 is 2.36 bits per heavy atom. The molecular weight excluding hydrogens is 513 g/mol. The number of carbonyl (C=O) groups is 1. The fourth-order valence-electron chi connectivity index (χ4n) is 4.10. The monoisotopic (exact) mass is 534 g/mol. The van der Waals surface area contributed by atoms with Crippen LogP contribution >= 0.6 is 23.4 Å². The van der Waals surface area contributed by atoms with Gasteiger partial charge in [0.15, 0.2) is 5.78 Å². The Balaban J connectivity index is 1.65. The van der Waals surface area contributed by atoms with Crippen molar-refractivity contribution in [2.45, 2.75) is 32.0 Å². The number of nitrogens with zero attached hydrogens (tertiary/aromatic N) is 4. The van der Waals surface area contributed by atoms with Gasteiger partial charge in [-0.25, -0.2) is 9.67 Å². The number of carbonyl (C=O) groups excluding carboxylic acids is 1. The molecule has 0 saturated heterocycles. The zero-order valence-electron chi connectivity index (χ0n) is 19.9. The molecule has 0 radical (unpaired) electrons. The van der Waals surface area contributed by atoms with Gasteiger partial charge >= 0.3 is 6.18 Å². The maximum absolute atomic E-state index is 13.5. The maximum atomic E-state index is 13.5. The lowest BCUT2D eigenvalue weighted by Gasteiger charge is -2.09. The van der Waals surface area contributed by atoms with Crippen LogP contribution in [0.1, 0.15) is 33.0 Å². The van der Waals surface area contributed by atoms with Crippen molar-refractivity contribution >= 4 is 29.1 Å². The number of hydrogen-bond acceptors (Lipinski definition) is 4. The van der Waals surface area contributed by atoms with Crippen molar-refractivity contribution in [3.63, 3.8) is 0 Å². The lowest BCUT2D eigenvalue weighted by Crippen LogP contribution is -2.22. The molecule has 188 valence electrons. The van der Waals surface area contributed by atoms with Crippen LogP contribution in [0.4, 0.5) is 13.2 Å². The van der Waals surface area contributed by atoms with E-state index in [9.17, 15) is 22.8 Å². The molecule has 0 aliphatic carbocycles. The Morgan fingerprint density at radius 2 is 1.75 bits per heavy atom. The van der Waals surface area contributed by atoms with E-state index < -0.39 is 11.7 Å². The highest BCUT2D eigenvalue weighted by Crippen LogP contribution is 2.34. The molecule has 0 saturated carbocycles. The number of rotatable bonds is 6. The number of aromatic nitrogens is 4. The Hall–Kier alpha value is -3.24. The van der Waals surface area contributed by atoms with E-state index in [1.54, 1.807) is 34.0 Å². The second-order valence-corrected chi connectivity index (χ2v) is 9.62. The highest BCUT2D eigenvalue weighted by Gasteiger charge is 2.32. The van der Waals surface area contributed by atoms with Crippen LogP contribution in [0.2, 0.25) is 5.02 Å². The van der Waals surface area contributed by atoms with E-state index in [0.29, 0.717) is 28.8 Å². The van der Waals surface area contributed by atoms with Crippen LogP contribution in [0.3, 0.4) is 0 Å². The average molecular weight is 535 g/mol. The van der Waals surface area contributed by atoms with Gasteiger partial charge in [-0.3, -0.25) is 14.3 Å². The van der Waals surface area contributed by atoms with Crippen molar-refractivity contribution in [2.75, 3.05) is 5.75 Å². The van der Waals surface area contributed by atoms with Crippen LogP contribution in [0.5, 0.6) is 0 Å². The first-order valence-corrected chi connectivity index (χ1v) is 12.2. The van der Waals surface area contributed by atoms with Gasteiger partial charge in [-0.1, -0.05) is 41.6 Å². The molecule has 0 bridgehead atoms. The van der Waals surface area contributed by atoms with Crippen LogP contribution in [-0.4, -0.2) is 30.5 Å². The van der Waals surface area contributed by atoms with E-state index >= 15 is 0 Å². The molecule has 1 aromatic carbocycles. The van der Waals surface area contributed by atoms with Gasteiger partial charge in [0.25, 0.3) is 5.56 Å². The molecule has 3 aromatic heterocycles. The normalized spacial score (nSPS) is 11.8. The molecule has 0 spiro atoms. The van der Waals surface area contributed by atoms with Gasteiger partial charge in [0.2, 0.25) is 0 Å². The summed E-state index contributed by atoms with van der Waals surface area (Å²) < 4.78 is 43.7. The minimum atomic E-state index is -4.55. The molecule has 4 rings (SSSR count). The summed E-state index contributed by atoms with van der Waals surface area (Å²) in [6.07, 6.45) is -3.86. The summed E-state index contributed by atoms with van der Waals surface area (Å²) in [7, 11) is 1.80. The first-order chi connectivity index (χ1) is 16.9. The largest absolute Gasteiger partial charge is 0.417 e. The third-order valence-corrected chi connectivity index (χ3v) is 7.36. The fraction of sp³-hybridized carbons (Fsp3) is 0.240. The first-order valence-electron chi connectivity index (χ1n) is 10.8. The summed E-state index contributed by atoms with van der Waals surface area (Å²) in [5.74, 6) is -0.334. The first kappa shape index (κ1) is 25.8. The van der Waals surface area contributed by atoms with E-state index in [-0.39, 0.29) is 27.1 Å². The molecule has 6 nitrogen and oxygen atoms in total. The third-order valence-electron chi connectivity index (χ3n) is 5.95. The van der Waals surface area contributed by atoms with Crippen molar-refractivity contribution in [1.29, 1.82) is 0 Å². The second kappa shape index (κ2) is 9.67. The SMILES string of the molecule is Cc1cc(C(=O)CSc2ncc(C(F)(F)F)cc2Cl)c(C)n1-c1c(C)n(C)n(-c2ccccc2)c1=O. The maximum Gasteiger partial charge on any atom is 0.417 e. The van der Waals surface area contributed by atoms with Crippen molar-refractivity contribution in [1.82, 2.24) is 18.9 Å². The number of benzene rings is 1. The highest BCUT2D eigenvalue weighted by atomic mass is 35.5. The van der Waals surface area contributed by atoms with Crippen molar-refractivity contribution < 1.29 is 18.0 Å². The molecule has 11 heteroatoms. The lowest BCUT2D eigenvalue weighted by molar-refractivity contribution is -0.137. The lowest BCUT2D eigenvalue weighted by atomic mass is 10.2. The van der Waals surface area contributed by atoms with E-state index in [2.05, 4.69) is 4.98 Å². The molecule has 0 aliphatic rings. The van der Waals surface area contributed by atoms with E-state index in [0.717, 1.165) is 29.2 Å². The predicted molar refractivity (Wildman–Crippen MR) is 134 cm³/mol. The number of hydrogen-bond donors (Lipinski definition) is 0. The summed E-state index contributed by atoms with van der Waals surface area (Å²) in [6.45, 7) is 5.40. The second-order valence-electron chi connectivity index (χ2n) is 8.25. The Bertz CT molecular complexity index is 1520. The molecule has 36 heavy (non-hydrogen) atoms. The van der Waals surface area contributed by atoms with Gasteiger partial charge < -0.3 is 4.57 Å². The minimum Gasteiger partial charge on any atom is -0.311 e. The minimum absolute atomic E-state index is 0.0790. The van der Waals surface area contributed by atoms with Gasteiger partial charge in [0.1, 0.15) is 10.7 Å². The molecule has 4 aromatic rings. The number of Topliss-reactive ketones (excluding diaryl/α,β-unsaturated/α-hetero) is 1. The number of para-hydroxylation sites is 1. The van der Waals surface area contributed by atoms with Crippen molar-refractivity contribution in [3.8, 4) is 11.4 Å². The smallest absolute Gasteiger partial charge is 0.311 e. The Morgan fingerprint density at radius 1 is 1.08 bits per heavy atom. The van der Waals surface area contributed by atoms with Gasteiger partial charge in [0, 0.05) is 30.2 Å². The van der Waals surface area contributed by atoms with E-state index in [1.165, 1.54) is 0 Å². The Labute approximate surface area is 214 Å². The van der Waals surface area contributed by atoms with Crippen LogP contribution in [-0.2, 0) is 13.2 Å². The van der Waals surface area contributed by atoms with Gasteiger partial charge in [-0.15, -0.1) is 0 Å². The highest BCUT2D eigenvalue weighted by molar-refractivity contribution is 8.00. The number of aryl methyl sites for hydroxylation is 1. The van der Waals surface area contributed by atoms with Gasteiger partial charge in [-0.05, 0) is 45.0 Å². The molecular formula is C25H22ClF3N4O2S. The van der Waals surface area contributed by atoms with Crippen LogP contribution in [0, 0.1) is 20.8 Å². The molecule has 0 amide bonds. The fourth-order valence-corrected chi connectivity index (χ4v) is 5.18. The van der Waals surface area contributed by atoms with Crippen molar-refractivity contribution in [3.05, 3.63) is 92.2 Å². The molecule has 0 atom stereocenters. The van der Waals surface area contributed by atoms with Crippen LogP contribution < -0.4 is 5.56 Å². The third kappa shape index (κ3) is 4.62. The average Bonchev–Trinajstić information content (AvgIpc) is 3.23. The summed E-state index contributed by atoms with van der Waals surface area (Å²) in [5, 5.41) is -0.0362. The standard InChI is InChI=1S/C25H22ClF3N4O2S/c1-14-10-19(21(34)13-36-23-20(26)11-17(12-30-23)25(27,28)29)15(2)32(14)22-16(3)31(4)33(24(22)35)18-8-6-5-7-9-18/h5-12H,13H2,1-4H3. The van der Waals surface area contributed by atoms with Gasteiger partial charge in [0.05, 0.1) is 27.7 Å². The van der Waals surface area contributed by atoms with Crippen LogP contribution in [0.25, 0.3) is 11.4 Å². The summed E-state index contributed by atoms with van der Waals surface area (Å²) in [4.78, 5) is 30.3. The molecule has 3 heterocycles. The van der Waals surface area contributed by atoms with E-state index in [4.69, 9.17) is 11.6 Å². The van der Waals surface area contributed by atoms with E-state index in [1.807, 2.05) is 44.2 Å². The van der Waals surface area contributed by atoms with Crippen molar-refractivity contribution in [2.24, 2.45) is 7.05 Å². The zero-order valence-corrected chi connectivity index (χ0v) is 21.4. The van der Waals surface area contributed by atoms with Crippen LogP contribution in [0.15, 0.2) is 58.5 Å². The topological polar surface area (TPSA) is 61.8 Å². The predicted octanol–water partition coefficient (Wildman–Crippen LogP) is 5.93. The quantitative estimate of drug-likeness (QED) is 0.227. The summed E-state index contributed by atoms with van der Waals surface area (Å²) >= 11 is 6.93. The molecule has 0 unspecified atom stereocenters. The molecule has 0 N–H and O–H groups in total. The Kier molecular flexibility index (Phi) is 6.94. The summed E-state index contributed by atoms with van der Waals surface area (Å²) in [5.41, 5.74) is 2.42. The number of alkyl halides is 3. The number of thioether (sulfide) groups is 1. The molecule has 0 aliphatic heterocycles. The zero-order chi connectivity index (χ0) is 26.4. The summed E-state index contributed by atoms with van der Waals surface area (Å²) in [6, 6.07) is 11.8. The number of halogens is 4. The molecule has 0 fully saturated rings. The number of pyridine rings is 1.